The predicted molar refractivity (Wildman–Crippen MR) is 138 cm³/mol. The molecule has 2 unspecified atom stereocenters. The van der Waals surface area contributed by atoms with Gasteiger partial charge in [0.25, 0.3) is 0 Å². The molecule has 2 atom stereocenters. The van der Waals surface area contributed by atoms with E-state index in [-0.39, 0.29) is 18.4 Å². The van der Waals surface area contributed by atoms with Crippen LogP contribution in [0.1, 0.15) is 69.9 Å². The van der Waals surface area contributed by atoms with Gasteiger partial charge in [-0.15, -0.1) is 0 Å². The molecule has 3 rings (SSSR count). The molecule has 2 aliphatic carbocycles. The summed E-state index contributed by atoms with van der Waals surface area (Å²) in [7, 11) is 1.94. The van der Waals surface area contributed by atoms with Crippen LogP contribution in [0, 0.1) is 11.8 Å². The van der Waals surface area contributed by atoms with Crippen LogP contribution in [0.2, 0.25) is 0 Å². The Labute approximate surface area is 200 Å². The summed E-state index contributed by atoms with van der Waals surface area (Å²) >= 11 is 0. The molecule has 0 radical (unpaired) electrons. The molecule has 0 bridgehead atoms. The summed E-state index contributed by atoms with van der Waals surface area (Å²) in [6.45, 7) is 8.66. The van der Waals surface area contributed by atoms with Crippen molar-refractivity contribution in [1.82, 2.24) is 10.2 Å². The van der Waals surface area contributed by atoms with Crippen molar-refractivity contribution in [3.05, 3.63) is 64.8 Å². The zero-order valence-electron chi connectivity index (χ0n) is 20.9. The van der Waals surface area contributed by atoms with E-state index in [1.807, 2.05) is 11.9 Å². The van der Waals surface area contributed by atoms with Crippen LogP contribution < -0.4 is 5.32 Å². The van der Waals surface area contributed by atoms with Gasteiger partial charge in [0.2, 0.25) is 5.91 Å². The van der Waals surface area contributed by atoms with E-state index >= 15 is 0 Å². The Morgan fingerprint density at radius 1 is 1.21 bits per heavy atom. The Bertz CT molecular complexity index is 895. The van der Waals surface area contributed by atoms with E-state index in [4.69, 9.17) is 0 Å². The first-order valence-corrected chi connectivity index (χ1v) is 12.7. The summed E-state index contributed by atoms with van der Waals surface area (Å²) in [5, 5.41) is 13.3. The van der Waals surface area contributed by atoms with E-state index in [1.54, 1.807) is 0 Å². The molecule has 4 nitrogen and oxygen atoms in total. The van der Waals surface area contributed by atoms with Gasteiger partial charge in [-0.3, -0.25) is 4.79 Å². The minimum absolute atomic E-state index is 0.0295. The minimum atomic E-state index is 0.0295. The third kappa shape index (κ3) is 6.68. The third-order valence-corrected chi connectivity index (χ3v) is 7.19. The second-order valence-electron chi connectivity index (χ2n) is 9.64. The fourth-order valence-electron chi connectivity index (χ4n) is 4.95. The Hall–Kier alpha value is -2.17. The molecule has 0 aromatic heterocycles. The summed E-state index contributed by atoms with van der Waals surface area (Å²) in [6.07, 6.45) is 11.6. The Morgan fingerprint density at radius 3 is 2.61 bits per heavy atom. The SMILES string of the molecule is CCC(CNC)CC(=O)N(CC)CC(C)C1=CC=C(c2ccccc2C2CC2)CC=C1CO. The summed E-state index contributed by atoms with van der Waals surface area (Å²) in [4.78, 5) is 15.0. The number of aliphatic hydroxyl groups excluding tert-OH is 1. The van der Waals surface area contributed by atoms with Crippen LogP contribution in [0.25, 0.3) is 5.57 Å². The Kier molecular flexibility index (Phi) is 9.52. The molecule has 33 heavy (non-hydrogen) atoms. The summed E-state index contributed by atoms with van der Waals surface area (Å²) in [6, 6.07) is 8.77. The molecule has 180 valence electrons. The monoisotopic (exact) mass is 450 g/mol. The average Bonchev–Trinajstić information content (AvgIpc) is 3.68. The number of carbonyl (C=O) groups is 1. The Balaban J connectivity index is 1.77. The molecular weight excluding hydrogens is 408 g/mol. The average molecular weight is 451 g/mol. The van der Waals surface area contributed by atoms with Gasteiger partial charge in [-0.25, -0.2) is 0 Å². The van der Waals surface area contributed by atoms with Crippen molar-refractivity contribution < 1.29 is 9.90 Å². The van der Waals surface area contributed by atoms with Crippen LogP contribution in [0.4, 0.5) is 0 Å². The fraction of sp³-hybridized carbons (Fsp3) is 0.552. The molecule has 0 saturated heterocycles. The van der Waals surface area contributed by atoms with E-state index < -0.39 is 0 Å². The zero-order valence-corrected chi connectivity index (χ0v) is 20.9. The van der Waals surface area contributed by atoms with Gasteiger partial charge in [-0.05, 0) is 85.4 Å². The molecule has 2 N–H and O–H groups in total. The largest absolute Gasteiger partial charge is 0.392 e. The molecule has 1 amide bonds. The topological polar surface area (TPSA) is 52.6 Å². The first-order valence-electron chi connectivity index (χ1n) is 12.7. The molecule has 2 aliphatic rings. The zero-order chi connectivity index (χ0) is 23.8. The molecule has 0 aliphatic heterocycles. The first-order chi connectivity index (χ1) is 16.0. The van der Waals surface area contributed by atoms with Crippen molar-refractivity contribution in [2.24, 2.45) is 11.8 Å². The van der Waals surface area contributed by atoms with Crippen molar-refractivity contribution >= 4 is 11.5 Å². The van der Waals surface area contributed by atoms with Crippen molar-refractivity contribution in [3.8, 4) is 0 Å². The highest BCUT2D eigenvalue weighted by molar-refractivity contribution is 5.76. The molecule has 1 fully saturated rings. The molecule has 4 heteroatoms. The van der Waals surface area contributed by atoms with Crippen LogP contribution in [0.15, 0.2) is 53.6 Å². The maximum atomic E-state index is 13.0. The quantitative estimate of drug-likeness (QED) is 0.453. The van der Waals surface area contributed by atoms with Gasteiger partial charge < -0.3 is 15.3 Å². The van der Waals surface area contributed by atoms with Crippen LogP contribution in [0.3, 0.4) is 0 Å². The highest BCUT2D eigenvalue weighted by atomic mass is 16.3. The second kappa shape index (κ2) is 12.3. The van der Waals surface area contributed by atoms with E-state index in [0.717, 1.165) is 30.5 Å². The first kappa shape index (κ1) is 25.5. The molecule has 1 aromatic rings. The number of nitrogens with zero attached hydrogens (tertiary/aromatic N) is 1. The van der Waals surface area contributed by atoms with Crippen molar-refractivity contribution in [2.75, 3.05) is 33.3 Å². The predicted octanol–water partition coefficient (Wildman–Crippen LogP) is 5.32. The van der Waals surface area contributed by atoms with Crippen LogP contribution in [-0.2, 0) is 4.79 Å². The molecule has 0 spiro atoms. The number of benzene rings is 1. The number of hydrogen-bond donors (Lipinski definition) is 2. The lowest BCUT2D eigenvalue weighted by molar-refractivity contribution is -0.132. The Morgan fingerprint density at radius 2 is 1.97 bits per heavy atom. The van der Waals surface area contributed by atoms with Gasteiger partial charge >= 0.3 is 0 Å². The van der Waals surface area contributed by atoms with E-state index in [0.29, 0.717) is 31.3 Å². The summed E-state index contributed by atoms with van der Waals surface area (Å²) < 4.78 is 0. The maximum absolute atomic E-state index is 13.0. The number of nitrogens with one attached hydrogen (secondary N) is 1. The molecule has 1 aromatic carbocycles. The summed E-state index contributed by atoms with van der Waals surface area (Å²) in [5.41, 5.74) is 6.25. The van der Waals surface area contributed by atoms with Crippen molar-refractivity contribution in [3.63, 3.8) is 0 Å². The molecule has 1 saturated carbocycles. The number of amides is 1. The summed E-state index contributed by atoms with van der Waals surface area (Å²) in [5.74, 6) is 1.46. The number of allylic oxidation sites excluding steroid dienone is 4. The van der Waals surface area contributed by atoms with Gasteiger partial charge in [0.05, 0.1) is 6.61 Å². The molecular formula is C29H42N2O2. The second-order valence-corrected chi connectivity index (χ2v) is 9.64. The number of hydrogen-bond acceptors (Lipinski definition) is 3. The number of carbonyl (C=O) groups excluding carboxylic acids is 1. The third-order valence-electron chi connectivity index (χ3n) is 7.19. The molecule has 0 heterocycles. The smallest absolute Gasteiger partial charge is 0.222 e. The van der Waals surface area contributed by atoms with E-state index in [9.17, 15) is 9.90 Å². The van der Waals surface area contributed by atoms with Gasteiger partial charge in [0, 0.05) is 19.5 Å². The van der Waals surface area contributed by atoms with Crippen LogP contribution in [-0.4, -0.2) is 49.2 Å². The van der Waals surface area contributed by atoms with E-state index in [2.05, 4.69) is 68.6 Å². The highest BCUT2D eigenvalue weighted by Crippen LogP contribution is 2.44. The maximum Gasteiger partial charge on any atom is 0.222 e. The number of rotatable bonds is 12. The minimum Gasteiger partial charge on any atom is -0.392 e. The van der Waals surface area contributed by atoms with Crippen LogP contribution in [0.5, 0.6) is 0 Å². The van der Waals surface area contributed by atoms with Gasteiger partial charge in [0.15, 0.2) is 0 Å². The van der Waals surface area contributed by atoms with Crippen LogP contribution >= 0.6 is 0 Å². The lowest BCUT2D eigenvalue weighted by atomic mass is 9.92. The van der Waals surface area contributed by atoms with Crippen molar-refractivity contribution in [2.45, 2.75) is 58.8 Å². The van der Waals surface area contributed by atoms with Gasteiger partial charge in [0.1, 0.15) is 0 Å². The standard InChI is InChI=1S/C29H42N2O2/c1-5-22(18-30-4)17-29(33)31(6-2)19-21(3)26-16-15-24(13-14-25(26)20-32)28-10-8-7-9-27(28)23-11-12-23/h7-10,14-16,21-23,30,32H,5-6,11-13,17-20H2,1-4H3. The number of aliphatic hydroxyl groups is 1. The lowest BCUT2D eigenvalue weighted by Crippen LogP contribution is -2.37. The van der Waals surface area contributed by atoms with E-state index in [1.165, 1.54) is 29.5 Å². The fourth-order valence-corrected chi connectivity index (χ4v) is 4.95. The lowest BCUT2D eigenvalue weighted by Gasteiger charge is -2.28. The van der Waals surface area contributed by atoms with Gasteiger partial charge in [-0.2, -0.15) is 0 Å². The highest BCUT2D eigenvalue weighted by Gasteiger charge is 2.27. The van der Waals surface area contributed by atoms with Gasteiger partial charge in [-0.1, -0.05) is 62.8 Å². The normalized spacial score (nSPS) is 18.0. The van der Waals surface area contributed by atoms with Crippen molar-refractivity contribution in [1.29, 1.82) is 0 Å².